The second-order valence-corrected chi connectivity index (χ2v) is 6.50. The van der Waals surface area contributed by atoms with Gasteiger partial charge >= 0.3 is 11.9 Å². The highest BCUT2D eigenvalue weighted by atomic mass is 16.5. The van der Waals surface area contributed by atoms with Gasteiger partial charge in [-0.3, -0.25) is 0 Å². The summed E-state index contributed by atoms with van der Waals surface area (Å²) in [6, 6.07) is 6.10. The summed E-state index contributed by atoms with van der Waals surface area (Å²) >= 11 is 0. The van der Waals surface area contributed by atoms with Gasteiger partial charge in [-0.2, -0.15) is 0 Å². The van der Waals surface area contributed by atoms with Crippen LogP contribution in [-0.2, 0) is 4.74 Å². The number of ether oxygens (including phenoxy) is 1. The number of esters is 1. The third-order valence-electron chi connectivity index (χ3n) is 3.35. The Balaban J connectivity index is 2.61. The molecule has 0 aliphatic rings. The first kappa shape index (κ1) is 17.2. The smallest absolute Gasteiger partial charge is 0.339 e. The van der Waals surface area contributed by atoms with Crippen molar-refractivity contribution in [2.75, 3.05) is 6.61 Å². The molecule has 1 aromatic carbocycles. The SMILES string of the molecule is CC(C)CC(C)(C)CCOC(=O)c1ccccc1C(=O)O. The predicted molar refractivity (Wildman–Crippen MR) is 81.5 cm³/mol. The molecule has 0 saturated heterocycles. The zero-order chi connectivity index (χ0) is 16.0. The maximum Gasteiger partial charge on any atom is 0.339 e. The quantitative estimate of drug-likeness (QED) is 0.771. The van der Waals surface area contributed by atoms with Crippen LogP contribution < -0.4 is 0 Å². The number of hydrogen-bond donors (Lipinski definition) is 1. The highest BCUT2D eigenvalue weighted by Crippen LogP contribution is 2.29. The Kier molecular flexibility index (Phi) is 5.94. The Morgan fingerprint density at radius 3 is 2.29 bits per heavy atom. The molecule has 0 aromatic heterocycles. The fraction of sp³-hybridized carbons (Fsp3) is 0.529. The molecule has 0 unspecified atom stereocenters. The molecule has 116 valence electrons. The summed E-state index contributed by atoms with van der Waals surface area (Å²) in [6.07, 6.45) is 1.81. The summed E-state index contributed by atoms with van der Waals surface area (Å²) < 4.78 is 5.23. The van der Waals surface area contributed by atoms with E-state index in [1.165, 1.54) is 12.1 Å². The van der Waals surface area contributed by atoms with Crippen LogP contribution in [0, 0.1) is 11.3 Å². The number of carboxylic acids is 1. The lowest BCUT2D eigenvalue weighted by Gasteiger charge is -2.26. The van der Waals surface area contributed by atoms with E-state index in [9.17, 15) is 9.59 Å². The van der Waals surface area contributed by atoms with Crippen molar-refractivity contribution < 1.29 is 19.4 Å². The zero-order valence-electron chi connectivity index (χ0n) is 13.2. The van der Waals surface area contributed by atoms with E-state index in [0.29, 0.717) is 12.5 Å². The molecule has 0 atom stereocenters. The topological polar surface area (TPSA) is 63.6 Å². The molecule has 0 fully saturated rings. The van der Waals surface area contributed by atoms with Gasteiger partial charge in [-0.15, -0.1) is 0 Å². The van der Waals surface area contributed by atoms with E-state index < -0.39 is 11.9 Å². The van der Waals surface area contributed by atoms with Crippen molar-refractivity contribution in [2.24, 2.45) is 11.3 Å². The van der Waals surface area contributed by atoms with Crippen LogP contribution in [0.5, 0.6) is 0 Å². The molecule has 4 heteroatoms. The zero-order valence-corrected chi connectivity index (χ0v) is 13.2. The Hall–Kier alpha value is -1.84. The van der Waals surface area contributed by atoms with Crippen molar-refractivity contribution in [1.29, 1.82) is 0 Å². The van der Waals surface area contributed by atoms with Crippen LogP contribution in [0.25, 0.3) is 0 Å². The molecule has 21 heavy (non-hydrogen) atoms. The minimum Gasteiger partial charge on any atom is -0.478 e. The fourth-order valence-corrected chi connectivity index (χ4v) is 2.55. The van der Waals surface area contributed by atoms with E-state index in [0.717, 1.165) is 12.8 Å². The molecular weight excluding hydrogens is 268 g/mol. The van der Waals surface area contributed by atoms with Gasteiger partial charge in [0.1, 0.15) is 0 Å². The Morgan fingerprint density at radius 1 is 1.19 bits per heavy atom. The van der Waals surface area contributed by atoms with Gasteiger partial charge < -0.3 is 9.84 Å². The molecule has 0 radical (unpaired) electrons. The Morgan fingerprint density at radius 2 is 1.76 bits per heavy atom. The average Bonchev–Trinajstić information content (AvgIpc) is 2.36. The van der Waals surface area contributed by atoms with Crippen molar-refractivity contribution in [3.8, 4) is 0 Å². The first-order valence-corrected chi connectivity index (χ1v) is 7.22. The molecule has 0 bridgehead atoms. The van der Waals surface area contributed by atoms with E-state index in [1.54, 1.807) is 12.1 Å². The van der Waals surface area contributed by atoms with Crippen molar-refractivity contribution in [1.82, 2.24) is 0 Å². The lowest BCUT2D eigenvalue weighted by molar-refractivity contribution is 0.0439. The predicted octanol–water partition coefficient (Wildman–Crippen LogP) is 4.00. The average molecular weight is 292 g/mol. The first-order chi connectivity index (χ1) is 9.73. The van der Waals surface area contributed by atoms with Gasteiger partial charge in [0.2, 0.25) is 0 Å². The molecule has 1 rings (SSSR count). The number of carboxylic acid groups (broad SMARTS) is 1. The number of benzene rings is 1. The van der Waals surface area contributed by atoms with E-state index in [1.807, 2.05) is 0 Å². The van der Waals surface area contributed by atoms with Gasteiger partial charge in [-0.05, 0) is 36.3 Å². The van der Waals surface area contributed by atoms with Crippen LogP contribution >= 0.6 is 0 Å². The highest BCUT2D eigenvalue weighted by molar-refractivity contribution is 6.02. The third-order valence-corrected chi connectivity index (χ3v) is 3.35. The first-order valence-electron chi connectivity index (χ1n) is 7.22. The van der Waals surface area contributed by atoms with Crippen LogP contribution in [0.15, 0.2) is 24.3 Å². The standard InChI is InChI=1S/C17H24O4/c1-12(2)11-17(3,4)9-10-21-16(20)14-8-6-5-7-13(14)15(18)19/h5-8,12H,9-11H2,1-4H3,(H,18,19). The molecule has 0 heterocycles. The fourth-order valence-electron chi connectivity index (χ4n) is 2.55. The monoisotopic (exact) mass is 292 g/mol. The molecule has 1 N–H and O–H groups in total. The van der Waals surface area contributed by atoms with Crippen molar-refractivity contribution >= 4 is 11.9 Å². The summed E-state index contributed by atoms with van der Waals surface area (Å²) in [7, 11) is 0. The lowest BCUT2D eigenvalue weighted by Crippen LogP contribution is -2.19. The van der Waals surface area contributed by atoms with E-state index in [4.69, 9.17) is 9.84 Å². The largest absolute Gasteiger partial charge is 0.478 e. The van der Waals surface area contributed by atoms with Crippen molar-refractivity contribution in [3.05, 3.63) is 35.4 Å². The van der Waals surface area contributed by atoms with E-state index in [2.05, 4.69) is 27.7 Å². The number of carbonyl (C=O) groups is 2. The van der Waals surface area contributed by atoms with Crippen LogP contribution in [-0.4, -0.2) is 23.7 Å². The van der Waals surface area contributed by atoms with Crippen LogP contribution in [0.2, 0.25) is 0 Å². The molecule has 0 aliphatic heterocycles. The number of rotatable bonds is 7. The second kappa shape index (κ2) is 7.25. The highest BCUT2D eigenvalue weighted by Gasteiger charge is 2.21. The summed E-state index contributed by atoms with van der Waals surface area (Å²) in [5.41, 5.74) is 0.177. The van der Waals surface area contributed by atoms with Gasteiger partial charge in [0.15, 0.2) is 0 Å². The van der Waals surface area contributed by atoms with Gasteiger partial charge in [0.05, 0.1) is 17.7 Å². The summed E-state index contributed by atoms with van der Waals surface area (Å²) in [4.78, 5) is 23.1. The normalized spacial score (nSPS) is 11.5. The van der Waals surface area contributed by atoms with E-state index in [-0.39, 0.29) is 16.5 Å². The van der Waals surface area contributed by atoms with E-state index >= 15 is 0 Å². The lowest BCUT2D eigenvalue weighted by atomic mass is 9.81. The molecule has 4 nitrogen and oxygen atoms in total. The van der Waals surface area contributed by atoms with Crippen LogP contribution in [0.1, 0.15) is 61.3 Å². The van der Waals surface area contributed by atoms with Gasteiger partial charge in [0, 0.05) is 0 Å². The minimum absolute atomic E-state index is 0.0241. The number of hydrogen-bond acceptors (Lipinski definition) is 3. The van der Waals surface area contributed by atoms with Gasteiger partial charge in [0.25, 0.3) is 0 Å². The second-order valence-electron chi connectivity index (χ2n) is 6.50. The Labute approximate surface area is 126 Å². The number of carbonyl (C=O) groups excluding carboxylic acids is 1. The maximum absolute atomic E-state index is 12.0. The van der Waals surface area contributed by atoms with Gasteiger partial charge in [-0.1, -0.05) is 39.8 Å². The van der Waals surface area contributed by atoms with Crippen molar-refractivity contribution in [3.63, 3.8) is 0 Å². The summed E-state index contributed by atoms with van der Waals surface area (Å²) in [6.45, 7) is 8.91. The molecule has 0 aliphatic carbocycles. The Bertz CT molecular complexity index is 503. The number of aromatic carboxylic acids is 1. The molecule has 0 amide bonds. The van der Waals surface area contributed by atoms with Gasteiger partial charge in [-0.25, -0.2) is 9.59 Å². The summed E-state index contributed by atoms with van der Waals surface area (Å²) in [5, 5.41) is 9.06. The molecule has 1 aromatic rings. The van der Waals surface area contributed by atoms with Crippen molar-refractivity contribution in [2.45, 2.75) is 40.5 Å². The molecular formula is C17H24O4. The molecule has 0 saturated carbocycles. The van der Waals surface area contributed by atoms with Crippen LogP contribution in [0.4, 0.5) is 0 Å². The maximum atomic E-state index is 12.0. The minimum atomic E-state index is -1.12. The summed E-state index contributed by atoms with van der Waals surface area (Å²) in [5.74, 6) is -1.11. The van der Waals surface area contributed by atoms with Crippen LogP contribution in [0.3, 0.4) is 0 Å². The molecule has 0 spiro atoms. The third kappa shape index (κ3) is 5.58.